The van der Waals surface area contributed by atoms with E-state index in [0.29, 0.717) is 19.6 Å². The molecule has 94 valence electrons. The Balaban J connectivity index is 1.93. The van der Waals surface area contributed by atoms with Crippen molar-refractivity contribution in [2.75, 3.05) is 13.2 Å². The SMILES string of the molecule is NNC(=O)CCCCOCCc1ccccn1. The van der Waals surface area contributed by atoms with Gasteiger partial charge in [-0.3, -0.25) is 15.2 Å². The fourth-order valence-electron chi connectivity index (χ4n) is 1.39. The van der Waals surface area contributed by atoms with Gasteiger partial charge in [0.2, 0.25) is 5.91 Å². The Bertz CT molecular complexity index is 317. The van der Waals surface area contributed by atoms with Gasteiger partial charge in [-0.1, -0.05) is 6.07 Å². The van der Waals surface area contributed by atoms with Crippen molar-refractivity contribution in [3.63, 3.8) is 0 Å². The number of unbranched alkanes of at least 4 members (excludes halogenated alkanes) is 1. The van der Waals surface area contributed by atoms with Crippen LogP contribution in [0.15, 0.2) is 24.4 Å². The number of carbonyl (C=O) groups excluding carboxylic acids is 1. The van der Waals surface area contributed by atoms with Gasteiger partial charge < -0.3 is 4.74 Å². The Morgan fingerprint density at radius 2 is 2.24 bits per heavy atom. The number of hydrogen-bond acceptors (Lipinski definition) is 4. The maximum Gasteiger partial charge on any atom is 0.233 e. The normalized spacial score (nSPS) is 10.2. The summed E-state index contributed by atoms with van der Waals surface area (Å²) in [5.41, 5.74) is 3.14. The van der Waals surface area contributed by atoms with Crippen LogP contribution in [0.4, 0.5) is 0 Å². The molecule has 5 heteroatoms. The van der Waals surface area contributed by atoms with E-state index in [9.17, 15) is 4.79 Å². The quantitative estimate of drug-likeness (QED) is 0.303. The number of pyridine rings is 1. The zero-order chi connectivity index (χ0) is 12.3. The van der Waals surface area contributed by atoms with Gasteiger partial charge in [0.1, 0.15) is 0 Å². The summed E-state index contributed by atoms with van der Waals surface area (Å²) in [5.74, 6) is 4.83. The average molecular weight is 237 g/mol. The molecule has 0 spiro atoms. The highest BCUT2D eigenvalue weighted by molar-refractivity contribution is 5.74. The molecule has 1 rings (SSSR count). The number of hydrazine groups is 1. The largest absolute Gasteiger partial charge is 0.381 e. The lowest BCUT2D eigenvalue weighted by atomic mass is 10.2. The number of nitrogens with one attached hydrogen (secondary N) is 1. The molecule has 0 saturated heterocycles. The van der Waals surface area contributed by atoms with Gasteiger partial charge in [-0.15, -0.1) is 0 Å². The first-order valence-electron chi connectivity index (χ1n) is 5.80. The molecule has 0 saturated carbocycles. The molecular formula is C12H19N3O2. The summed E-state index contributed by atoms with van der Waals surface area (Å²) in [6.07, 6.45) is 4.73. The van der Waals surface area contributed by atoms with Gasteiger partial charge >= 0.3 is 0 Å². The lowest BCUT2D eigenvalue weighted by Crippen LogP contribution is -2.29. The van der Waals surface area contributed by atoms with Gasteiger partial charge in [-0.25, -0.2) is 5.84 Å². The number of rotatable bonds is 8. The Labute approximate surface area is 101 Å². The van der Waals surface area contributed by atoms with Gasteiger partial charge in [0.05, 0.1) is 6.61 Å². The molecule has 1 heterocycles. The van der Waals surface area contributed by atoms with Crippen LogP contribution in [0, 0.1) is 0 Å². The second-order valence-corrected chi connectivity index (χ2v) is 3.71. The minimum absolute atomic E-state index is 0.126. The predicted octanol–water partition coefficient (Wildman–Crippen LogP) is 0.801. The lowest BCUT2D eigenvalue weighted by molar-refractivity contribution is -0.121. The van der Waals surface area contributed by atoms with Gasteiger partial charge in [0, 0.05) is 31.3 Å². The molecule has 0 aliphatic carbocycles. The summed E-state index contributed by atoms with van der Waals surface area (Å²) in [7, 11) is 0. The van der Waals surface area contributed by atoms with E-state index in [0.717, 1.165) is 25.0 Å². The van der Waals surface area contributed by atoms with Crippen molar-refractivity contribution in [2.24, 2.45) is 5.84 Å². The molecule has 5 nitrogen and oxygen atoms in total. The van der Waals surface area contributed by atoms with Gasteiger partial charge in [0.15, 0.2) is 0 Å². The number of hydrogen-bond donors (Lipinski definition) is 2. The summed E-state index contributed by atoms with van der Waals surface area (Å²) < 4.78 is 5.45. The van der Waals surface area contributed by atoms with E-state index in [1.165, 1.54) is 0 Å². The first-order valence-corrected chi connectivity index (χ1v) is 5.80. The number of nitrogens with zero attached hydrogens (tertiary/aromatic N) is 1. The molecule has 0 radical (unpaired) electrons. The van der Waals surface area contributed by atoms with Gasteiger partial charge in [0.25, 0.3) is 0 Å². The van der Waals surface area contributed by atoms with Crippen LogP contribution < -0.4 is 11.3 Å². The lowest BCUT2D eigenvalue weighted by Gasteiger charge is -2.03. The molecule has 0 bridgehead atoms. The molecule has 0 unspecified atom stereocenters. The maximum absolute atomic E-state index is 10.8. The molecule has 0 fully saturated rings. The van der Waals surface area contributed by atoms with E-state index >= 15 is 0 Å². The molecular weight excluding hydrogens is 218 g/mol. The molecule has 0 aliphatic rings. The van der Waals surface area contributed by atoms with Crippen LogP contribution in [0.5, 0.6) is 0 Å². The Hall–Kier alpha value is -1.46. The second kappa shape index (κ2) is 8.66. The van der Waals surface area contributed by atoms with E-state index < -0.39 is 0 Å². The topological polar surface area (TPSA) is 77.2 Å². The molecule has 17 heavy (non-hydrogen) atoms. The van der Waals surface area contributed by atoms with Crippen LogP contribution in [-0.2, 0) is 16.0 Å². The highest BCUT2D eigenvalue weighted by Crippen LogP contribution is 1.98. The zero-order valence-electron chi connectivity index (χ0n) is 9.89. The van der Waals surface area contributed by atoms with Crippen molar-refractivity contribution < 1.29 is 9.53 Å². The van der Waals surface area contributed by atoms with E-state index in [1.54, 1.807) is 6.20 Å². The number of nitrogens with two attached hydrogens (primary N) is 1. The highest BCUT2D eigenvalue weighted by atomic mass is 16.5. The van der Waals surface area contributed by atoms with E-state index in [2.05, 4.69) is 10.4 Å². The zero-order valence-corrected chi connectivity index (χ0v) is 9.89. The third kappa shape index (κ3) is 6.65. The van der Waals surface area contributed by atoms with Crippen LogP contribution in [0.3, 0.4) is 0 Å². The number of amides is 1. The highest BCUT2D eigenvalue weighted by Gasteiger charge is 1.98. The van der Waals surface area contributed by atoms with Crippen molar-refractivity contribution in [2.45, 2.75) is 25.7 Å². The van der Waals surface area contributed by atoms with Crippen LogP contribution >= 0.6 is 0 Å². The van der Waals surface area contributed by atoms with E-state index in [-0.39, 0.29) is 5.91 Å². The predicted molar refractivity (Wildman–Crippen MR) is 64.9 cm³/mol. The first kappa shape index (κ1) is 13.6. The Morgan fingerprint density at radius 1 is 1.35 bits per heavy atom. The minimum atomic E-state index is -0.126. The molecule has 1 aromatic heterocycles. The van der Waals surface area contributed by atoms with Crippen molar-refractivity contribution in [3.8, 4) is 0 Å². The van der Waals surface area contributed by atoms with Crippen LogP contribution in [0.25, 0.3) is 0 Å². The van der Waals surface area contributed by atoms with Crippen molar-refractivity contribution in [1.29, 1.82) is 0 Å². The van der Waals surface area contributed by atoms with Crippen LogP contribution in [0.1, 0.15) is 25.0 Å². The third-order valence-electron chi connectivity index (χ3n) is 2.33. The minimum Gasteiger partial charge on any atom is -0.381 e. The number of ether oxygens (including phenoxy) is 1. The van der Waals surface area contributed by atoms with Crippen molar-refractivity contribution in [1.82, 2.24) is 10.4 Å². The summed E-state index contributed by atoms with van der Waals surface area (Å²) in [5, 5.41) is 0. The molecule has 0 atom stereocenters. The molecule has 1 amide bonds. The fourth-order valence-corrected chi connectivity index (χ4v) is 1.39. The summed E-state index contributed by atoms with van der Waals surface area (Å²) >= 11 is 0. The standard InChI is InChI=1S/C12H19N3O2/c13-15-12(16)6-2-4-9-17-10-7-11-5-1-3-8-14-11/h1,3,5,8H,2,4,6-7,9-10,13H2,(H,15,16). The van der Waals surface area contributed by atoms with Crippen LogP contribution in [0.2, 0.25) is 0 Å². The number of carbonyl (C=O) groups is 1. The second-order valence-electron chi connectivity index (χ2n) is 3.71. The van der Waals surface area contributed by atoms with E-state index in [1.807, 2.05) is 18.2 Å². The summed E-state index contributed by atoms with van der Waals surface area (Å²) in [6.45, 7) is 1.34. The molecule has 0 aromatic carbocycles. The summed E-state index contributed by atoms with van der Waals surface area (Å²) in [6, 6.07) is 5.84. The fraction of sp³-hybridized carbons (Fsp3) is 0.500. The van der Waals surface area contributed by atoms with Crippen molar-refractivity contribution >= 4 is 5.91 Å². The Kier molecular flexibility index (Phi) is 6.93. The molecule has 3 N–H and O–H groups in total. The summed E-state index contributed by atoms with van der Waals surface area (Å²) in [4.78, 5) is 15.0. The number of aromatic nitrogens is 1. The Morgan fingerprint density at radius 3 is 2.94 bits per heavy atom. The van der Waals surface area contributed by atoms with E-state index in [4.69, 9.17) is 10.6 Å². The van der Waals surface area contributed by atoms with Crippen molar-refractivity contribution in [3.05, 3.63) is 30.1 Å². The molecule has 1 aromatic rings. The average Bonchev–Trinajstić information content (AvgIpc) is 2.38. The molecule has 0 aliphatic heterocycles. The maximum atomic E-state index is 10.8. The smallest absolute Gasteiger partial charge is 0.233 e. The van der Waals surface area contributed by atoms with Gasteiger partial charge in [-0.2, -0.15) is 0 Å². The van der Waals surface area contributed by atoms with Gasteiger partial charge in [-0.05, 0) is 25.0 Å². The first-order chi connectivity index (χ1) is 8.33. The van der Waals surface area contributed by atoms with Crippen LogP contribution in [-0.4, -0.2) is 24.1 Å². The third-order valence-corrected chi connectivity index (χ3v) is 2.33. The monoisotopic (exact) mass is 237 g/mol.